The minimum absolute atomic E-state index is 0.0376. The lowest BCUT2D eigenvalue weighted by atomic mass is 9.83. The van der Waals surface area contributed by atoms with E-state index in [0.717, 1.165) is 0 Å². The minimum atomic E-state index is -0.970. The summed E-state index contributed by atoms with van der Waals surface area (Å²) in [6.07, 6.45) is 0.0183. The highest BCUT2D eigenvalue weighted by molar-refractivity contribution is 6.30. The Kier molecular flexibility index (Phi) is 5.11. The molecule has 0 saturated carbocycles. The third-order valence-corrected chi connectivity index (χ3v) is 4.81. The maximum Gasteiger partial charge on any atom is 0.407 e. The van der Waals surface area contributed by atoms with Gasteiger partial charge in [0.15, 0.2) is 0 Å². The number of nitrogens with one attached hydrogen (secondary N) is 1. The van der Waals surface area contributed by atoms with Crippen LogP contribution in [0.3, 0.4) is 0 Å². The first-order valence-corrected chi connectivity index (χ1v) is 7.83. The molecule has 8 heteroatoms. The summed E-state index contributed by atoms with van der Waals surface area (Å²) < 4.78 is 0. The number of nitro groups is 1. The molecule has 2 rings (SSSR count). The first-order chi connectivity index (χ1) is 10.8. The molecule has 1 atom stereocenters. The number of hydrogen-bond donors (Lipinski definition) is 2. The van der Waals surface area contributed by atoms with Crippen molar-refractivity contribution >= 4 is 23.4 Å². The third-order valence-electron chi connectivity index (χ3n) is 4.60. The fraction of sp³-hybridized carbons (Fsp3) is 0.533. The van der Waals surface area contributed by atoms with Gasteiger partial charge in [-0.1, -0.05) is 18.5 Å². The van der Waals surface area contributed by atoms with Gasteiger partial charge >= 0.3 is 6.09 Å². The van der Waals surface area contributed by atoms with Crippen LogP contribution in [0.1, 0.15) is 24.5 Å². The van der Waals surface area contributed by atoms with E-state index >= 15 is 0 Å². The average molecular weight is 342 g/mol. The molecule has 1 saturated heterocycles. The number of carboxylic acid groups (broad SMARTS) is 1. The smallest absolute Gasteiger partial charge is 0.407 e. The third kappa shape index (κ3) is 3.40. The topological polar surface area (TPSA) is 95.7 Å². The second-order valence-corrected chi connectivity index (χ2v) is 6.27. The SMILES string of the molecule is CCC1(Cc2cc(Cl)cc([N+](=O)[O-])c2C)CNCCN1C(=O)O. The van der Waals surface area contributed by atoms with Crippen molar-refractivity contribution in [2.24, 2.45) is 0 Å². The molecule has 23 heavy (non-hydrogen) atoms. The molecule has 1 heterocycles. The summed E-state index contributed by atoms with van der Waals surface area (Å²) in [4.78, 5) is 23.8. The van der Waals surface area contributed by atoms with Crippen LogP contribution in [0.5, 0.6) is 0 Å². The van der Waals surface area contributed by atoms with Crippen LogP contribution in [0.2, 0.25) is 5.02 Å². The Morgan fingerprint density at radius 3 is 2.83 bits per heavy atom. The zero-order valence-electron chi connectivity index (χ0n) is 13.1. The summed E-state index contributed by atoms with van der Waals surface area (Å²) >= 11 is 6.02. The van der Waals surface area contributed by atoms with E-state index in [2.05, 4.69) is 5.32 Å². The van der Waals surface area contributed by atoms with Crippen LogP contribution in [0.15, 0.2) is 12.1 Å². The van der Waals surface area contributed by atoms with Gasteiger partial charge in [-0.15, -0.1) is 0 Å². The number of nitrogens with zero attached hydrogens (tertiary/aromatic N) is 2. The van der Waals surface area contributed by atoms with Crippen LogP contribution < -0.4 is 5.32 Å². The fourth-order valence-electron chi connectivity index (χ4n) is 3.19. The normalized spacial score (nSPS) is 21.3. The van der Waals surface area contributed by atoms with Gasteiger partial charge in [-0.3, -0.25) is 15.0 Å². The Morgan fingerprint density at radius 1 is 1.57 bits per heavy atom. The summed E-state index contributed by atoms with van der Waals surface area (Å²) in [6, 6.07) is 3.02. The summed E-state index contributed by atoms with van der Waals surface area (Å²) in [5.74, 6) is 0. The molecule has 1 fully saturated rings. The standard InChI is InChI=1S/C15H20ClN3O4/c1-3-15(9-17-4-5-18(15)14(20)21)8-11-6-12(16)7-13(10(11)2)19(22)23/h6-7,17H,3-5,8-9H2,1-2H3,(H,20,21). The summed E-state index contributed by atoms with van der Waals surface area (Å²) in [6.45, 7) is 5.11. The Balaban J connectivity index is 2.46. The van der Waals surface area contributed by atoms with E-state index in [1.54, 1.807) is 13.0 Å². The predicted molar refractivity (Wildman–Crippen MR) is 87.2 cm³/mol. The van der Waals surface area contributed by atoms with Gasteiger partial charge in [0.05, 0.1) is 10.5 Å². The Labute approximate surface area is 139 Å². The number of rotatable bonds is 4. The first-order valence-electron chi connectivity index (χ1n) is 7.45. The van der Waals surface area contributed by atoms with Gasteiger partial charge < -0.3 is 10.4 Å². The van der Waals surface area contributed by atoms with Crippen molar-refractivity contribution in [3.8, 4) is 0 Å². The number of piperazine rings is 1. The molecule has 1 aromatic rings. The zero-order valence-corrected chi connectivity index (χ0v) is 13.9. The molecule has 0 radical (unpaired) electrons. The molecule has 1 aliphatic rings. The molecule has 7 nitrogen and oxygen atoms in total. The van der Waals surface area contributed by atoms with Gasteiger partial charge in [0.1, 0.15) is 0 Å². The Bertz CT molecular complexity index is 637. The van der Waals surface area contributed by atoms with E-state index in [1.165, 1.54) is 11.0 Å². The molecule has 0 aliphatic carbocycles. The highest BCUT2D eigenvalue weighted by atomic mass is 35.5. The van der Waals surface area contributed by atoms with Gasteiger partial charge in [0.25, 0.3) is 5.69 Å². The van der Waals surface area contributed by atoms with Crippen LogP contribution in [0.4, 0.5) is 10.5 Å². The number of hydrogen-bond acceptors (Lipinski definition) is 4. The minimum Gasteiger partial charge on any atom is -0.465 e. The number of nitro benzene ring substituents is 1. The van der Waals surface area contributed by atoms with E-state index in [1.807, 2.05) is 6.92 Å². The second kappa shape index (κ2) is 6.72. The summed E-state index contributed by atoms with van der Waals surface area (Å²) in [5.41, 5.74) is 0.571. The van der Waals surface area contributed by atoms with Gasteiger partial charge in [-0.25, -0.2) is 4.79 Å². The van der Waals surface area contributed by atoms with Crippen molar-refractivity contribution in [3.05, 3.63) is 38.4 Å². The van der Waals surface area contributed by atoms with Crippen LogP contribution in [0, 0.1) is 17.0 Å². The van der Waals surface area contributed by atoms with Gasteiger partial charge in [-0.2, -0.15) is 0 Å². The van der Waals surface area contributed by atoms with Gasteiger partial charge in [0, 0.05) is 36.3 Å². The highest BCUT2D eigenvalue weighted by Crippen LogP contribution is 2.33. The number of amides is 1. The summed E-state index contributed by atoms with van der Waals surface area (Å²) in [5, 5.41) is 24.2. The molecule has 0 bridgehead atoms. The second-order valence-electron chi connectivity index (χ2n) is 5.83. The van der Waals surface area contributed by atoms with Crippen molar-refractivity contribution in [2.45, 2.75) is 32.2 Å². The quantitative estimate of drug-likeness (QED) is 0.648. The predicted octanol–water partition coefficient (Wildman–Crippen LogP) is 2.83. The first kappa shape index (κ1) is 17.5. The molecule has 1 amide bonds. The van der Waals surface area contributed by atoms with Crippen LogP contribution >= 0.6 is 11.6 Å². The van der Waals surface area contributed by atoms with Crippen LogP contribution in [-0.2, 0) is 6.42 Å². The molecule has 2 N–H and O–H groups in total. The van der Waals surface area contributed by atoms with Crippen LogP contribution in [-0.4, -0.2) is 46.2 Å². The molecule has 1 unspecified atom stereocenters. The number of benzene rings is 1. The maximum absolute atomic E-state index is 11.6. The van der Waals surface area contributed by atoms with Crippen LogP contribution in [0.25, 0.3) is 0 Å². The van der Waals surface area contributed by atoms with E-state index in [4.69, 9.17) is 11.6 Å². The molecule has 126 valence electrons. The molecule has 0 aromatic heterocycles. The maximum atomic E-state index is 11.6. The van der Waals surface area contributed by atoms with Crippen molar-refractivity contribution in [3.63, 3.8) is 0 Å². The zero-order chi connectivity index (χ0) is 17.2. The average Bonchev–Trinajstić information content (AvgIpc) is 2.50. The number of halogens is 1. The lowest BCUT2D eigenvalue weighted by Gasteiger charge is -2.46. The molecule has 1 aliphatic heterocycles. The van der Waals surface area contributed by atoms with Crippen molar-refractivity contribution in [2.75, 3.05) is 19.6 Å². The van der Waals surface area contributed by atoms with E-state index in [-0.39, 0.29) is 10.7 Å². The Morgan fingerprint density at radius 2 is 2.26 bits per heavy atom. The molecular formula is C15H20ClN3O4. The molecule has 0 spiro atoms. The monoisotopic (exact) mass is 341 g/mol. The van der Waals surface area contributed by atoms with Gasteiger partial charge in [0.2, 0.25) is 0 Å². The Hall–Kier alpha value is -1.86. The fourth-order valence-corrected chi connectivity index (χ4v) is 3.42. The highest BCUT2D eigenvalue weighted by Gasteiger charge is 2.41. The van der Waals surface area contributed by atoms with Crippen molar-refractivity contribution in [1.29, 1.82) is 0 Å². The van der Waals surface area contributed by atoms with Gasteiger partial charge in [-0.05, 0) is 31.4 Å². The lowest BCUT2D eigenvalue weighted by molar-refractivity contribution is -0.385. The van der Waals surface area contributed by atoms with Crippen molar-refractivity contribution < 1.29 is 14.8 Å². The molecular weight excluding hydrogens is 322 g/mol. The number of carbonyl (C=O) groups is 1. The van der Waals surface area contributed by atoms with Crippen molar-refractivity contribution in [1.82, 2.24) is 10.2 Å². The molecule has 1 aromatic carbocycles. The van der Waals surface area contributed by atoms with E-state index in [0.29, 0.717) is 43.6 Å². The largest absolute Gasteiger partial charge is 0.465 e. The van der Waals surface area contributed by atoms with E-state index < -0.39 is 16.6 Å². The lowest BCUT2D eigenvalue weighted by Crippen LogP contribution is -2.63. The van der Waals surface area contributed by atoms with E-state index in [9.17, 15) is 20.0 Å². The summed E-state index contributed by atoms with van der Waals surface area (Å²) in [7, 11) is 0.